The predicted octanol–water partition coefficient (Wildman–Crippen LogP) is 2.11. The number of nitrogens with zero attached hydrogens (tertiary/aromatic N) is 1. The monoisotopic (exact) mass is 326 g/mol. The molecule has 2 rings (SSSR count). The Bertz CT molecular complexity index is 526. The molecule has 1 amide bonds. The van der Waals surface area contributed by atoms with Gasteiger partial charge < -0.3 is 15.7 Å². The summed E-state index contributed by atoms with van der Waals surface area (Å²) in [6, 6.07) is 4.91. The summed E-state index contributed by atoms with van der Waals surface area (Å²) >= 11 is 3.28. The lowest BCUT2D eigenvalue weighted by Gasteiger charge is -2.31. The highest BCUT2D eigenvalue weighted by Crippen LogP contribution is 2.31. The van der Waals surface area contributed by atoms with Gasteiger partial charge in [0.2, 0.25) is 0 Å². The third-order valence-corrected chi connectivity index (χ3v) is 3.97. The van der Waals surface area contributed by atoms with E-state index in [1.54, 1.807) is 25.1 Å². The first kappa shape index (κ1) is 13.9. The van der Waals surface area contributed by atoms with E-state index in [9.17, 15) is 14.7 Å². The zero-order valence-electron chi connectivity index (χ0n) is 10.5. The van der Waals surface area contributed by atoms with E-state index in [0.717, 1.165) is 0 Å². The van der Waals surface area contributed by atoms with E-state index < -0.39 is 11.5 Å². The second-order valence-corrected chi connectivity index (χ2v) is 5.83. The second-order valence-electron chi connectivity index (χ2n) is 4.91. The molecule has 0 spiro atoms. The van der Waals surface area contributed by atoms with Crippen LogP contribution in [0.5, 0.6) is 0 Å². The molecule has 102 valence electrons. The minimum Gasteiger partial charge on any atom is -0.480 e. The van der Waals surface area contributed by atoms with Gasteiger partial charge in [-0.05, 0) is 38.0 Å². The minimum absolute atomic E-state index is 0.296. The molecule has 1 saturated heterocycles. The fraction of sp³-hybridized carbons (Fsp3) is 0.385. The molecule has 1 unspecified atom stereocenters. The number of carbonyl (C=O) groups is 2. The lowest BCUT2D eigenvalue weighted by atomic mass is 9.98. The summed E-state index contributed by atoms with van der Waals surface area (Å²) in [7, 11) is 0. The lowest BCUT2D eigenvalue weighted by Crippen LogP contribution is -2.50. The van der Waals surface area contributed by atoms with E-state index in [2.05, 4.69) is 15.9 Å². The van der Waals surface area contributed by atoms with Crippen molar-refractivity contribution in [3.05, 3.63) is 28.2 Å². The fourth-order valence-electron chi connectivity index (χ4n) is 2.40. The van der Waals surface area contributed by atoms with Crippen LogP contribution in [0.3, 0.4) is 0 Å². The van der Waals surface area contributed by atoms with Gasteiger partial charge in [-0.3, -0.25) is 4.79 Å². The van der Waals surface area contributed by atoms with Crippen LogP contribution in [0, 0.1) is 0 Å². The molecule has 0 radical (unpaired) electrons. The number of anilines is 1. The van der Waals surface area contributed by atoms with Crippen molar-refractivity contribution in [1.82, 2.24) is 4.90 Å². The van der Waals surface area contributed by atoms with Crippen molar-refractivity contribution in [3.8, 4) is 0 Å². The Hall–Kier alpha value is -1.56. The Balaban J connectivity index is 2.36. The summed E-state index contributed by atoms with van der Waals surface area (Å²) in [5.41, 5.74) is 5.45. The SMILES string of the molecule is CC1(C(=O)O)CCCN1C(=O)c1cc(N)cc(Br)c1. The average Bonchev–Trinajstić information content (AvgIpc) is 2.70. The molecular weight excluding hydrogens is 312 g/mol. The van der Waals surface area contributed by atoms with Crippen LogP contribution in [-0.2, 0) is 4.79 Å². The van der Waals surface area contributed by atoms with Crippen molar-refractivity contribution < 1.29 is 14.7 Å². The third-order valence-electron chi connectivity index (χ3n) is 3.51. The molecule has 0 aromatic heterocycles. The lowest BCUT2D eigenvalue weighted by molar-refractivity contribution is -0.147. The first-order valence-corrected chi connectivity index (χ1v) is 6.75. The van der Waals surface area contributed by atoms with Crippen molar-refractivity contribution in [2.45, 2.75) is 25.3 Å². The number of carboxylic acids is 1. The summed E-state index contributed by atoms with van der Waals surface area (Å²) in [5.74, 6) is -1.27. The molecule has 1 aliphatic heterocycles. The maximum atomic E-state index is 12.5. The van der Waals surface area contributed by atoms with Gasteiger partial charge in [0.05, 0.1) is 0 Å². The Labute approximate surface area is 119 Å². The van der Waals surface area contributed by atoms with Gasteiger partial charge in [0.15, 0.2) is 0 Å². The predicted molar refractivity (Wildman–Crippen MR) is 74.9 cm³/mol. The number of nitrogens with two attached hydrogens (primary N) is 1. The van der Waals surface area contributed by atoms with Gasteiger partial charge >= 0.3 is 5.97 Å². The van der Waals surface area contributed by atoms with E-state index in [1.165, 1.54) is 4.90 Å². The number of benzene rings is 1. The molecule has 1 heterocycles. The summed E-state index contributed by atoms with van der Waals surface area (Å²) in [4.78, 5) is 25.2. The smallest absolute Gasteiger partial charge is 0.329 e. The van der Waals surface area contributed by atoms with Crippen LogP contribution in [0.15, 0.2) is 22.7 Å². The van der Waals surface area contributed by atoms with Gasteiger partial charge in [-0.2, -0.15) is 0 Å². The van der Waals surface area contributed by atoms with Gasteiger partial charge in [0.1, 0.15) is 5.54 Å². The van der Waals surface area contributed by atoms with Crippen LogP contribution in [0.2, 0.25) is 0 Å². The summed E-state index contributed by atoms with van der Waals surface area (Å²) < 4.78 is 0.701. The highest BCUT2D eigenvalue weighted by Gasteiger charge is 2.46. The van der Waals surface area contributed by atoms with Crippen molar-refractivity contribution in [3.63, 3.8) is 0 Å². The van der Waals surface area contributed by atoms with Crippen LogP contribution in [0.4, 0.5) is 5.69 Å². The summed E-state index contributed by atoms with van der Waals surface area (Å²) in [5, 5.41) is 9.32. The fourth-order valence-corrected chi connectivity index (χ4v) is 2.91. The molecule has 1 atom stereocenters. The van der Waals surface area contributed by atoms with Gasteiger partial charge in [-0.1, -0.05) is 15.9 Å². The zero-order valence-corrected chi connectivity index (χ0v) is 12.1. The number of likely N-dealkylation sites (tertiary alicyclic amines) is 1. The Kier molecular flexibility index (Phi) is 3.54. The van der Waals surface area contributed by atoms with Gasteiger partial charge in [0, 0.05) is 22.3 Å². The largest absolute Gasteiger partial charge is 0.480 e. The van der Waals surface area contributed by atoms with Gasteiger partial charge in [-0.15, -0.1) is 0 Å². The number of nitrogen functional groups attached to an aromatic ring is 1. The van der Waals surface area contributed by atoms with Crippen LogP contribution < -0.4 is 5.73 Å². The van der Waals surface area contributed by atoms with Crippen LogP contribution >= 0.6 is 15.9 Å². The number of hydrogen-bond donors (Lipinski definition) is 2. The van der Waals surface area contributed by atoms with Crippen LogP contribution in [-0.4, -0.2) is 34.0 Å². The number of rotatable bonds is 2. The summed E-state index contributed by atoms with van der Waals surface area (Å²) in [6.45, 7) is 2.04. The molecule has 0 bridgehead atoms. The number of aliphatic carboxylic acids is 1. The molecule has 1 aliphatic rings. The maximum Gasteiger partial charge on any atom is 0.329 e. The number of hydrogen-bond acceptors (Lipinski definition) is 3. The highest BCUT2D eigenvalue weighted by atomic mass is 79.9. The molecule has 1 fully saturated rings. The van der Waals surface area contributed by atoms with Crippen molar-refractivity contribution >= 4 is 33.5 Å². The zero-order chi connectivity index (χ0) is 14.2. The van der Waals surface area contributed by atoms with Crippen molar-refractivity contribution in [1.29, 1.82) is 0 Å². The number of halogens is 1. The molecule has 1 aromatic carbocycles. The normalized spacial score (nSPS) is 22.5. The summed E-state index contributed by atoms with van der Waals surface area (Å²) in [6.07, 6.45) is 1.16. The average molecular weight is 327 g/mol. The van der Waals surface area contributed by atoms with E-state index in [0.29, 0.717) is 35.1 Å². The number of carboxylic acid groups (broad SMARTS) is 1. The Morgan fingerprint density at radius 2 is 2.11 bits per heavy atom. The van der Waals surface area contributed by atoms with Gasteiger partial charge in [-0.25, -0.2) is 4.79 Å². The van der Waals surface area contributed by atoms with E-state index >= 15 is 0 Å². The first-order valence-electron chi connectivity index (χ1n) is 5.96. The Morgan fingerprint density at radius 1 is 1.42 bits per heavy atom. The maximum absolute atomic E-state index is 12.5. The topological polar surface area (TPSA) is 83.6 Å². The molecular formula is C13H15BrN2O3. The van der Waals surface area contributed by atoms with Crippen molar-refractivity contribution in [2.75, 3.05) is 12.3 Å². The molecule has 6 heteroatoms. The molecule has 3 N–H and O–H groups in total. The highest BCUT2D eigenvalue weighted by molar-refractivity contribution is 9.10. The van der Waals surface area contributed by atoms with E-state index in [-0.39, 0.29) is 5.91 Å². The molecule has 0 aliphatic carbocycles. The number of carbonyl (C=O) groups excluding carboxylic acids is 1. The van der Waals surface area contributed by atoms with Gasteiger partial charge in [0.25, 0.3) is 5.91 Å². The number of amides is 1. The van der Waals surface area contributed by atoms with Crippen LogP contribution in [0.1, 0.15) is 30.1 Å². The Morgan fingerprint density at radius 3 is 2.68 bits per heavy atom. The van der Waals surface area contributed by atoms with Crippen molar-refractivity contribution in [2.24, 2.45) is 0 Å². The molecule has 5 nitrogen and oxygen atoms in total. The third kappa shape index (κ3) is 2.45. The minimum atomic E-state index is -1.13. The first-order chi connectivity index (χ1) is 8.84. The second kappa shape index (κ2) is 4.85. The quantitative estimate of drug-likeness (QED) is 0.815. The molecule has 1 aromatic rings. The molecule has 19 heavy (non-hydrogen) atoms. The molecule has 0 saturated carbocycles. The van der Waals surface area contributed by atoms with Crippen LogP contribution in [0.25, 0.3) is 0 Å². The van der Waals surface area contributed by atoms with E-state index in [4.69, 9.17) is 5.73 Å². The van der Waals surface area contributed by atoms with E-state index in [1.807, 2.05) is 0 Å². The standard InChI is InChI=1S/C13H15BrN2O3/c1-13(12(18)19)3-2-4-16(13)11(17)8-5-9(14)7-10(15)6-8/h5-7H,2-4,15H2,1H3,(H,18,19).